The molecule has 2 aliphatic rings. The molecule has 0 amide bonds. The molecule has 0 spiro atoms. The summed E-state index contributed by atoms with van der Waals surface area (Å²) in [5, 5.41) is 1.08. The molecule has 3 rings (SSSR count). The molecule has 2 fully saturated rings. The normalized spacial score (nSPS) is 23.9. The van der Waals surface area contributed by atoms with Gasteiger partial charge in [0.1, 0.15) is 5.82 Å². The molecule has 2 aliphatic heterocycles. The van der Waals surface area contributed by atoms with Gasteiger partial charge in [-0.15, -0.1) is 0 Å². The van der Waals surface area contributed by atoms with E-state index in [-0.39, 0.29) is 6.29 Å². The van der Waals surface area contributed by atoms with Gasteiger partial charge in [0.25, 0.3) is 0 Å². The average molecular weight is 340 g/mol. The van der Waals surface area contributed by atoms with Crippen LogP contribution in [0.3, 0.4) is 0 Å². The summed E-state index contributed by atoms with van der Waals surface area (Å²) in [5.74, 6) is 0.965. The van der Waals surface area contributed by atoms with Crippen molar-refractivity contribution in [3.63, 3.8) is 0 Å². The molecule has 0 bridgehead atoms. The molecule has 0 saturated carbocycles. The molecule has 6 nitrogen and oxygen atoms in total. The fraction of sp³-hybridized carbons (Fsp3) is 0.875. The highest BCUT2D eigenvalue weighted by Crippen LogP contribution is 2.19. The minimum atomic E-state index is 0.0288. The van der Waals surface area contributed by atoms with Crippen LogP contribution in [0.1, 0.15) is 38.4 Å². The highest BCUT2D eigenvalue weighted by molar-refractivity contribution is 7.09. The molecular formula is C16H28N4O2S. The Kier molecular flexibility index (Phi) is 6.62. The van der Waals surface area contributed by atoms with E-state index in [2.05, 4.69) is 26.1 Å². The van der Waals surface area contributed by atoms with Gasteiger partial charge < -0.3 is 14.4 Å². The van der Waals surface area contributed by atoms with Crippen LogP contribution in [0.25, 0.3) is 0 Å². The van der Waals surface area contributed by atoms with Crippen molar-refractivity contribution in [2.75, 3.05) is 50.8 Å². The van der Waals surface area contributed by atoms with Gasteiger partial charge in [0.15, 0.2) is 6.29 Å². The summed E-state index contributed by atoms with van der Waals surface area (Å²) in [6.45, 7) is 9.00. The minimum absolute atomic E-state index is 0.0288. The molecular weight excluding hydrogens is 312 g/mol. The summed E-state index contributed by atoms with van der Waals surface area (Å²) >= 11 is 1.53. The second kappa shape index (κ2) is 8.92. The fourth-order valence-corrected chi connectivity index (χ4v) is 3.86. The summed E-state index contributed by atoms with van der Waals surface area (Å²) in [5.41, 5.74) is 0. The molecule has 2 saturated heterocycles. The highest BCUT2D eigenvalue weighted by Gasteiger charge is 2.19. The third kappa shape index (κ3) is 5.11. The van der Waals surface area contributed by atoms with E-state index >= 15 is 0 Å². The van der Waals surface area contributed by atoms with Crippen LogP contribution in [-0.2, 0) is 15.9 Å². The lowest BCUT2D eigenvalue weighted by Crippen LogP contribution is -2.34. The summed E-state index contributed by atoms with van der Waals surface area (Å²) in [4.78, 5) is 9.48. The molecule has 0 radical (unpaired) electrons. The third-order valence-corrected chi connectivity index (χ3v) is 5.30. The number of rotatable bonds is 6. The predicted octanol–water partition coefficient (Wildman–Crippen LogP) is 2.16. The number of hydrogen-bond donors (Lipinski definition) is 0. The van der Waals surface area contributed by atoms with Crippen molar-refractivity contribution in [3.8, 4) is 0 Å². The Morgan fingerprint density at radius 3 is 2.96 bits per heavy atom. The lowest BCUT2D eigenvalue weighted by Gasteiger charge is -2.25. The van der Waals surface area contributed by atoms with Crippen LogP contribution in [0.2, 0.25) is 0 Å². The van der Waals surface area contributed by atoms with E-state index in [0.717, 1.165) is 69.7 Å². The van der Waals surface area contributed by atoms with Crippen molar-refractivity contribution in [2.45, 2.75) is 45.3 Å². The zero-order chi connectivity index (χ0) is 15.9. The van der Waals surface area contributed by atoms with E-state index < -0.39 is 0 Å². The lowest BCUT2D eigenvalue weighted by atomic mass is 10.2. The van der Waals surface area contributed by atoms with E-state index in [4.69, 9.17) is 9.47 Å². The van der Waals surface area contributed by atoms with Gasteiger partial charge in [-0.05, 0) is 32.2 Å². The number of hydrogen-bond acceptors (Lipinski definition) is 7. The van der Waals surface area contributed by atoms with E-state index in [1.807, 2.05) is 0 Å². The van der Waals surface area contributed by atoms with Gasteiger partial charge in [-0.2, -0.15) is 4.37 Å². The van der Waals surface area contributed by atoms with Crippen molar-refractivity contribution in [1.82, 2.24) is 14.3 Å². The van der Waals surface area contributed by atoms with Gasteiger partial charge in [-0.3, -0.25) is 4.90 Å². The van der Waals surface area contributed by atoms with E-state index in [9.17, 15) is 0 Å². The van der Waals surface area contributed by atoms with Crippen LogP contribution in [0, 0.1) is 0 Å². The topological polar surface area (TPSA) is 50.7 Å². The number of aryl methyl sites for hydroxylation is 1. The minimum Gasteiger partial charge on any atom is -0.353 e. The Morgan fingerprint density at radius 1 is 1.22 bits per heavy atom. The van der Waals surface area contributed by atoms with Gasteiger partial charge >= 0.3 is 0 Å². The zero-order valence-corrected chi connectivity index (χ0v) is 14.9. The number of aromatic nitrogens is 2. The summed E-state index contributed by atoms with van der Waals surface area (Å²) < 4.78 is 15.9. The molecule has 0 aromatic carbocycles. The summed E-state index contributed by atoms with van der Waals surface area (Å²) in [7, 11) is 0. The van der Waals surface area contributed by atoms with Crippen LogP contribution >= 0.6 is 11.5 Å². The van der Waals surface area contributed by atoms with E-state index in [0.29, 0.717) is 0 Å². The van der Waals surface area contributed by atoms with Crippen molar-refractivity contribution in [3.05, 3.63) is 5.82 Å². The Hall–Kier alpha value is -0.760. The quantitative estimate of drug-likeness (QED) is 0.791. The first-order chi connectivity index (χ1) is 11.3. The Labute approximate surface area is 142 Å². The molecule has 0 aliphatic carbocycles. The monoisotopic (exact) mass is 340 g/mol. The first-order valence-corrected chi connectivity index (χ1v) is 9.65. The van der Waals surface area contributed by atoms with Crippen LogP contribution in [0.15, 0.2) is 0 Å². The molecule has 1 aromatic rings. The number of ether oxygens (including phenoxy) is 2. The first-order valence-electron chi connectivity index (χ1n) is 8.88. The second-order valence-corrected chi connectivity index (χ2v) is 6.93. The molecule has 0 N–H and O–H groups in total. The van der Waals surface area contributed by atoms with Crippen LogP contribution in [0.5, 0.6) is 0 Å². The SMILES string of the molecule is CCc1nsc(N2CCCN(CCO[C@@H]3CCCCO3)CC2)n1. The van der Waals surface area contributed by atoms with Gasteiger partial charge in [-0.1, -0.05) is 6.92 Å². The maximum Gasteiger partial charge on any atom is 0.205 e. The van der Waals surface area contributed by atoms with Gasteiger partial charge in [0, 0.05) is 50.7 Å². The lowest BCUT2D eigenvalue weighted by molar-refractivity contribution is -0.164. The van der Waals surface area contributed by atoms with Crippen molar-refractivity contribution in [2.24, 2.45) is 0 Å². The number of nitrogens with zero attached hydrogens (tertiary/aromatic N) is 4. The first kappa shape index (κ1) is 17.1. The average Bonchev–Trinajstić information content (AvgIpc) is 2.95. The van der Waals surface area contributed by atoms with Crippen molar-refractivity contribution >= 4 is 16.7 Å². The summed E-state index contributed by atoms with van der Waals surface area (Å²) in [6, 6.07) is 0. The second-order valence-electron chi connectivity index (χ2n) is 6.20. The standard InChI is InChI=1S/C16H28N4O2S/c1-2-14-17-16(23-18-14)20-8-5-7-19(9-10-20)11-13-22-15-6-3-4-12-21-15/h15H,2-13H2,1H3/t15-/m1/s1. The van der Waals surface area contributed by atoms with Crippen LogP contribution in [0.4, 0.5) is 5.13 Å². The molecule has 7 heteroatoms. The van der Waals surface area contributed by atoms with Crippen molar-refractivity contribution < 1.29 is 9.47 Å². The Morgan fingerprint density at radius 2 is 2.17 bits per heavy atom. The maximum atomic E-state index is 5.86. The predicted molar refractivity (Wildman–Crippen MR) is 92.1 cm³/mol. The molecule has 23 heavy (non-hydrogen) atoms. The van der Waals surface area contributed by atoms with Gasteiger partial charge in [-0.25, -0.2) is 4.98 Å². The Bertz CT molecular complexity index is 465. The molecule has 1 atom stereocenters. The molecule has 0 unspecified atom stereocenters. The molecule has 130 valence electrons. The summed E-state index contributed by atoms with van der Waals surface area (Å²) in [6.07, 6.45) is 5.56. The van der Waals surface area contributed by atoms with Crippen LogP contribution < -0.4 is 4.90 Å². The zero-order valence-electron chi connectivity index (χ0n) is 14.1. The largest absolute Gasteiger partial charge is 0.353 e. The Balaban J connectivity index is 1.39. The third-order valence-electron chi connectivity index (χ3n) is 4.48. The van der Waals surface area contributed by atoms with Crippen LogP contribution in [-0.4, -0.2) is 66.5 Å². The smallest absolute Gasteiger partial charge is 0.205 e. The number of anilines is 1. The van der Waals surface area contributed by atoms with Gasteiger partial charge in [0.05, 0.1) is 6.61 Å². The van der Waals surface area contributed by atoms with E-state index in [1.54, 1.807) is 0 Å². The maximum absolute atomic E-state index is 5.86. The van der Waals surface area contributed by atoms with E-state index in [1.165, 1.54) is 30.8 Å². The highest BCUT2D eigenvalue weighted by atomic mass is 32.1. The molecule has 3 heterocycles. The fourth-order valence-electron chi connectivity index (χ4n) is 3.06. The van der Waals surface area contributed by atoms with Gasteiger partial charge in [0.2, 0.25) is 5.13 Å². The molecule has 1 aromatic heterocycles. The van der Waals surface area contributed by atoms with Crippen molar-refractivity contribution in [1.29, 1.82) is 0 Å².